The molecule has 0 spiro atoms. The molecule has 4 rings (SSSR count). The normalized spacial score (nSPS) is 16.3. The summed E-state index contributed by atoms with van der Waals surface area (Å²) in [6, 6.07) is 7.81. The second-order valence-electron chi connectivity index (χ2n) is 7.30. The van der Waals surface area contributed by atoms with Gasteiger partial charge >= 0.3 is 0 Å². The minimum absolute atomic E-state index is 0.0221. The number of likely N-dealkylation sites (tertiary alicyclic amines) is 1. The third-order valence-electron chi connectivity index (χ3n) is 5.56. The topological polar surface area (TPSA) is 67.2 Å². The first-order valence-corrected chi connectivity index (χ1v) is 9.97. The van der Waals surface area contributed by atoms with Crippen LogP contribution in [0.1, 0.15) is 65.0 Å². The first-order chi connectivity index (χ1) is 13.2. The Bertz CT molecular complexity index is 865. The van der Waals surface area contributed by atoms with E-state index in [1.807, 2.05) is 33.7 Å². The van der Waals surface area contributed by atoms with Gasteiger partial charge < -0.3 is 14.8 Å². The number of fused-ring (bicyclic) bond motifs is 1. The lowest BCUT2D eigenvalue weighted by Gasteiger charge is -2.19. The van der Waals surface area contributed by atoms with Crippen molar-refractivity contribution in [1.29, 1.82) is 0 Å². The van der Waals surface area contributed by atoms with Crippen LogP contribution < -0.4 is 5.32 Å². The SMILES string of the molecule is CCc1ccccc1NC(=O)c1nc(C(=O)N2CCCC2)c2n1CCCC2. The lowest BCUT2D eigenvalue weighted by Crippen LogP contribution is -2.29. The van der Waals surface area contributed by atoms with Crippen LogP contribution in [-0.2, 0) is 19.4 Å². The summed E-state index contributed by atoms with van der Waals surface area (Å²) in [5.41, 5.74) is 3.30. The first kappa shape index (κ1) is 17.8. The van der Waals surface area contributed by atoms with Gasteiger partial charge in [0.15, 0.2) is 5.82 Å². The van der Waals surface area contributed by atoms with Crippen molar-refractivity contribution in [3.05, 3.63) is 47.0 Å². The van der Waals surface area contributed by atoms with E-state index < -0.39 is 0 Å². The molecule has 1 aromatic heterocycles. The van der Waals surface area contributed by atoms with E-state index in [4.69, 9.17) is 0 Å². The van der Waals surface area contributed by atoms with Crippen LogP contribution in [0.25, 0.3) is 0 Å². The second-order valence-corrected chi connectivity index (χ2v) is 7.30. The van der Waals surface area contributed by atoms with E-state index in [9.17, 15) is 9.59 Å². The van der Waals surface area contributed by atoms with Crippen molar-refractivity contribution >= 4 is 17.5 Å². The molecule has 2 amide bonds. The van der Waals surface area contributed by atoms with Crippen LogP contribution in [0.4, 0.5) is 5.69 Å². The maximum absolute atomic E-state index is 13.0. The van der Waals surface area contributed by atoms with Crippen molar-refractivity contribution in [2.24, 2.45) is 0 Å². The Morgan fingerprint density at radius 3 is 2.59 bits per heavy atom. The summed E-state index contributed by atoms with van der Waals surface area (Å²) in [6.07, 6.45) is 5.78. The molecule has 1 N–H and O–H groups in total. The van der Waals surface area contributed by atoms with Crippen LogP contribution in [-0.4, -0.2) is 39.4 Å². The van der Waals surface area contributed by atoms with E-state index in [-0.39, 0.29) is 11.8 Å². The number of hydrogen-bond acceptors (Lipinski definition) is 3. The molecule has 142 valence electrons. The van der Waals surface area contributed by atoms with Crippen LogP contribution in [0.2, 0.25) is 0 Å². The summed E-state index contributed by atoms with van der Waals surface area (Å²) in [5.74, 6) is 0.101. The smallest absolute Gasteiger partial charge is 0.291 e. The Morgan fingerprint density at radius 2 is 1.81 bits per heavy atom. The number of carbonyl (C=O) groups excluding carboxylic acids is 2. The lowest BCUT2D eigenvalue weighted by atomic mass is 10.1. The molecule has 27 heavy (non-hydrogen) atoms. The number of rotatable bonds is 4. The average Bonchev–Trinajstić information content (AvgIpc) is 3.36. The number of para-hydroxylation sites is 1. The van der Waals surface area contributed by atoms with Gasteiger partial charge in [0.2, 0.25) is 0 Å². The molecule has 0 bridgehead atoms. The maximum atomic E-state index is 13.0. The number of hydrogen-bond donors (Lipinski definition) is 1. The number of amides is 2. The highest BCUT2D eigenvalue weighted by molar-refractivity contribution is 6.04. The highest BCUT2D eigenvalue weighted by Gasteiger charge is 2.30. The molecule has 0 saturated carbocycles. The first-order valence-electron chi connectivity index (χ1n) is 9.97. The van der Waals surface area contributed by atoms with Crippen molar-refractivity contribution in [1.82, 2.24) is 14.5 Å². The third-order valence-corrected chi connectivity index (χ3v) is 5.56. The Balaban J connectivity index is 1.66. The number of aryl methyl sites for hydroxylation is 1. The Hall–Kier alpha value is -2.63. The zero-order valence-corrected chi connectivity index (χ0v) is 15.8. The van der Waals surface area contributed by atoms with Gasteiger partial charge in [0.1, 0.15) is 5.69 Å². The Kier molecular flexibility index (Phi) is 4.97. The summed E-state index contributed by atoms with van der Waals surface area (Å²) in [6.45, 7) is 4.38. The van der Waals surface area contributed by atoms with Crippen molar-refractivity contribution < 1.29 is 9.59 Å². The highest BCUT2D eigenvalue weighted by atomic mass is 16.2. The minimum atomic E-state index is -0.237. The number of anilines is 1. The van der Waals surface area contributed by atoms with Gasteiger partial charge in [0, 0.05) is 25.3 Å². The second kappa shape index (κ2) is 7.55. The molecular formula is C21H26N4O2. The summed E-state index contributed by atoms with van der Waals surface area (Å²) in [5, 5.41) is 3.00. The van der Waals surface area contributed by atoms with Crippen molar-refractivity contribution in [2.45, 2.75) is 52.0 Å². The van der Waals surface area contributed by atoms with Gasteiger partial charge in [-0.05, 0) is 50.2 Å². The largest absolute Gasteiger partial charge is 0.337 e. The number of nitrogens with zero attached hydrogens (tertiary/aromatic N) is 3. The Morgan fingerprint density at radius 1 is 1.07 bits per heavy atom. The molecule has 0 radical (unpaired) electrons. The fraction of sp³-hybridized carbons (Fsp3) is 0.476. The van der Waals surface area contributed by atoms with Crippen LogP contribution in [0.15, 0.2) is 24.3 Å². The zero-order chi connectivity index (χ0) is 18.8. The van der Waals surface area contributed by atoms with Gasteiger partial charge in [-0.2, -0.15) is 0 Å². The van der Waals surface area contributed by atoms with Gasteiger partial charge in [-0.25, -0.2) is 4.98 Å². The highest BCUT2D eigenvalue weighted by Crippen LogP contribution is 2.25. The fourth-order valence-corrected chi connectivity index (χ4v) is 4.09. The maximum Gasteiger partial charge on any atom is 0.291 e. The zero-order valence-electron chi connectivity index (χ0n) is 15.8. The quantitative estimate of drug-likeness (QED) is 0.903. The molecule has 0 aliphatic carbocycles. The molecule has 2 aliphatic rings. The summed E-state index contributed by atoms with van der Waals surface area (Å²) in [7, 11) is 0. The van der Waals surface area contributed by atoms with Crippen LogP contribution in [0.3, 0.4) is 0 Å². The molecule has 2 aliphatic heterocycles. The molecule has 1 fully saturated rings. The number of aromatic nitrogens is 2. The van der Waals surface area contributed by atoms with Gasteiger partial charge in [0.05, 0.1) is 5.69 Å². The van der Waals surface area contributed by atoms with E-state index >= 15 is 0 Å². The fourth-order valence-electron chi connectivity index (χ4n) is 4.09. The van der Waals surface area contributed by atoms with E-state index in [0.29, 0.717) is 11.5 Å². The number of nitrogens with one attached hydrogen (secondary N) is 1. The van der Waals surface area contributed by atoms with Crippen molar-refractivity contribution in [2.75, 3.05) is 18.4 Å². The van der Waals surface area contributed by atoms with Crippen LogP contribution in [0, 0.1) is 0 Å². The number of imidazole rings is 1. The molecular weight excluding hydrogens is 340 g/mol. The van der Waals surface area contributed by atoms with Gasteiger partial charge in [-0.3, -0.25) is 9.59 Å². The van der Waals surface area contributed by atoms with Gasteiger partial charge in [-0.15, -0.1) is 0 Å². The molecule has 1 saturated heterocycles. The monoisotopic (exact) mass is 366 g/mol. The van der Waals surface area contributed by atoms with Crippen molar-refractivity contribution in [3.8, 4) is 0 Å². The predicted molar refractivity (Wildman–Crippen MR) is 104 cm³/mol. The van der Waals surface area contributed by atoms with E-state index in [1.54, 1.807) is 0 Å². The average molecular weight is 366 g/mol. The van der Waals surface area contributed by atoms with E-state index in [0.717, 1.165) is 75.1 Å². The molecule has 0 unspecified atom stereocenters. The predicted octanol–water partition coefficient (Wildman–Crippen LogP) is 3.27. The van der Waals surface area contributed by atoms with E-state index in [2.05, 4.69) is 17.2 Å². The van der Waals surface area contributed by atoms with E-state index in [1.165, 1.54) is 0 Å². The summed E-state index contributed by atoms with van der Waals surface area (Å²) in [4.78, 5) is 32.3. The summed E-state index contributed by atoms with van der Waals surface area (Å²) < 4.78 is 1.96. The van der Waals surface area contributed by atoms with Crippen LogP contribution in [0.5, 0.6) is 0 Å². The summed E-state index contributed by atoms with van der Waals surface area (Å²) >= 11 is 0. The minimum Gasteiger partial charge on any atom is -0.337 e. The van der Waals surface area contributed by atoms with Crippen molar-refractivity contribution in [3.63, 3.8) is 0 Å². The molecule has 2 aromatic rings. The number of benzene rings is 1. The third kappa shape index (κ3) is 3.36. The Labute approximate surface area is 159 Å². The lowest BCUT2D eigenvalue weighted by molar-refractivity contribution is 0.0786. The molecule has 6 nitrogen and oxygen atoms in total. The van der Waals surface area contributed by atoms with Gasteiger partial charge in [-0.1, -0.05) is 25.1 Å². The molecule has 3 heterocycles. The standard InChI is InChI=1S/C21H26N4O2/c1-2-15-9-3-4-10-16(15)22-20(26)19-23-18(17-11-5-6-14-25(17)19)21(27)24-12-7-8-13-24/h3-4,9-10H,2,5-8,11-14H2,1H3,(H,22,26). The molecule has 6 heteroatoms. The van der Waals surface area contributed by atoms with Crippen LogP contribution >= 0.6 is 0 Å². The number of carbonyl (C=O) groups is 2. The molecule has 0 atom stereocenters. The molecule has 1 aromatic carbocycles. The van der Waals surface area contributed by atoms with Gasteiger partial charge in [0.25, 0.3) is 11.8 Å².